The van der Waals surface area contributed by atoms with Crippen LogP contribution in [-0.4, -0.2) is 84.7 Å². The number of rotatable bonds is 5. The number of carbonyl (C=O) groups excluding carboxylic acids is 3. The van der Waals surface area contributed by atoms with Crippen molar-refractivity contribution in [2.45, 2.75) is 57.0 Å². The van der Waals surface area contributed by atoms with Gasteiger partial charge in [0.15, 0.2) is 0 Å². The first kappa shape index (κ1) is 22.5. The van der Waals surface area contributed by atoms with E-state index in [9.17, 15) is 23.2 Å². The molecule has 7 nitrogen and oxygen atoms in total. The fraction of sp³-hybridized carbons (Fsp3) is 0.842. The lowest BCUT2D eigenvalue weighted by molar-refractivity contribution is -0.144. The van der Waals surface area contributed by atoms with Crippen LogP contribution in [0.3, 0.4) is 0 Å². The molecule has 2 atom stereocenters. The minimum atomic E-state index is -2.90. The van der Waals surface area contributed by atoms with Gasteiger partial charge < -0.3 is 20.4 Å². The third-order valence-corrected chi connectivity index (χ3v) is 6.17. The first-order valence-corrected chi connectivity index (χ1v) is 9.81. The Morgan fingerprint density at radius 1 is 1.11 bits per heavy atom. The molecule has 2 aliphatic rings. The Hall–Kier alpha value is -1.77. The minimum Gasteiger partial charge on any atom is -0.349 e. The average molecular weight is 402 g/mol. The third-order valence-electron chi connectivity index (χ3n) is 6.17. The number of amides is 3. The highest BCUT2D eigenvalue weighted by atomic mass is 19.3. The van der Waals surface area contributed by atoms with Gasteiger partial charge in [-0.15, -0.1) is 0 Å². The number of nitrogens with zero attached hydrogens (tertiary/aromatic N) is 3. The topological polar surface area (TPSA) is 87.0 Å². The Labute approximate surface area is 165 Å². The Morgan fingerprint density at radius 3 is 2.11 bits per heavy atom. The van der Waals surface area contributed by atoms with Crippen LogP contribution in [0.4, 0.5) is 8.78 Å². The Balaban J connectivity index is 2.11. The first-order chi connectivity index (χ1) is 12.9. The van der Waals surface area contributed by atoms with Crippen LogP contribution in [0, 0.1) is 11.8 Å². The van der Waals surface area contributed by atoms with Crippen molar-refractivity contribution in [3.63, 3.8) is 0 Å². The van der Waals surface area contributed by atoms with Crippen molar-refractivity contribution >= 4 is 17.7 Å². The summed E-state index contributed by atoms with van der Waals surface area (Å²) >= 11 is 0. The van der Waals surface area contributed by atoms with Crippen molar-refractivity contribution in [1.29, 1.82) is 0 Å². The van der Waals surface area contributed by atoms with Gasteiger partial charge in [-0.25, -0.2) is 8.78 Å². The second-order valence-electron chi connectivity index (χ2n) is 8.35. The van der Waals surface area contributed by atoms with Gasteiger partial charge in [0, 0.05) is 47.1 Å². The Kier molecular flexibility index (Phi) is 7.01. The van der Waals surface area contributed by atoms with Crippen molar-refractivity contribution in [3.8, 4) is 0 Å². The van der Waals surface area contributed by atoms with Crippen LogP contribution >= 0.6 is 0 Å². The highest BCUT2D eigenvalue weighted by molar-refractivity contribution is 5.90. The second-order valence-corrected chi connectivity index (χ2v) is 8.35. The van der Waals surface area contributed by atoms with E-state index in [1.54, 1.807) is 26.0 Å². The molecule has 2 fully saturated rings. The molecule has 9 heteroatoms. The van der Waals surface area contributed by atoms with E-state index in [0.29, 0.717) is 12.8 Å². The molecule has 0 aromatic rings. The summed E-state index contributed by atoms with van der Waals surface area (Å²) in [4.78, 5) is 41.3. The molecule has 1 saturated heterocycles. The van der Waals surface area contributed by atoms with Gasteiger partial charge in [-0.05, 0) is 31.6 Å². The molecule has 1 aliphatic carbocycles. The summed E-state index contributed by atoms with van der Waals surface area (Å²) in [6.45, 7) is 0.835. The normalized spacial score (nSPS) is 26.5. The standard InChI is InChI=1S/C19H32F2N4O3/c1-12(26)24(4)14-7-5-13(6-8-14)15(17(27)23(2)3)16(22)18(28)25-10-9-19(20,21)11-25/h13-16H,5-11,22H2,1-4H3/t13?,14?,15-,16-/m0/s1. The van der Waals surface area contributed by atoms with Crippen molar-refractivity contribution in [2.24, 2.45) is 17.6 Å². The summed E-state index contributed by atoms with van der Waals surface area (Å²) in [7, 11) is 4.97. The minimum absolute atomic E-state index is 0.00814. The van der Waals surface area contributed by atoms with Crippen molar-refractivity contribution < 1.29 is 23.2 Å². The molecule has 0 bridgehead atoms. The van der Waals surface area contributed by atoms with Gasteiger partial charge in [-0.2, -0.15) is 0 Å². The van der Waals surface area contributed by atoms with E-state index >= 15 is 0 Å². The maximum Gasteiger partial charge on any atom is 0.267 e. The Morgan fingerprint density at radius 2 is 1.68 bits per heavy atom. The quantitative estimate of drug-likeness (QED) is 0.741. The van der Waals surface area contributed by atoms with E-state index in [4.69, 9.17) is 5.73 Å². The van der Waals surface area contributed by atoms with Crippen LogP contribution in [0.1, 0.15) is 39.0 Å². The van der Waals surface area contributed by atoms with E-state index in [-0.39, 0.29) is 36.7 Å². The van der Waals surface area contributed by atoms with Gasteiger partial charge >= 0.3 is 0 Å². The monoisotopic (exact) mass is 402 g/mol. The number of alkyl halides is 2. The van der Waals surface area contributed by atoms with E-state index in [2.05, 4.69) is 0 Å². The molecule has 2 rings (SSSR count). The number of hydrogen-bond acceptors (Lipinski definition) is 4. The van der Waals surface area contributed by atoms with Crippen molar-refractivity contribution in [3.05, 3.63) is 0 Å². The molecule has 160 valence electrons. The van der Waals surface area contributed by atoms with Gasteiger partial charge in [0.05, 0.1) is 18.5 Å². The predicted molar refractivity (Wildman–Crippen MR) is 100 cm³/mol. The summed E-state index contributed by atoms with van der Waals surface area (Å²) in [6.07, 6.45) is 2.38. The van der Waals surface area contributed by atoms with E-state index in [0.717, 1.165) is 17.7 Å². The van der Waals surface area contributed by atoms with E-state index in [1.165, 1.54) is 11.8 Å². The van der Waals surface area contributed by atoms with Crippen LogP contribution < -0.4 is 5.73 Å². The zero-order valence-corrected chi connectivity index (χ0v) is 17.2. The Bertz CT molecular complexity index is 606. The van der Waals surface area contributed by atoms with Crippen LogP contribution in [0.25, 0.3) is 0 Å². The van der Waals surface area contributed by atoms with Crippen LogP contribution in [0.2, 0.25) is 0 Å². The van der Waals surface area contributed by atoms with E-state index in [1.807, 2.05) is 0 Å². The fourth-order valence-electron chi connectivity index (χ4n) is 4.34. The summed E-state index contributed by atoms with van der Waals surface area (Å²) in [5, 5.41) is 0. The van der Waals surface area contributed by atoms with Crippen LogP contribution in [-0.2, 0) is 14.4 Å². The lowest BCUT2D eigenvalue weighted by Crippen LogP contribution is -2.54. The molecule has 3 amide bonds. The third kappa shape index (κ3) is 4.98. The molecule has 0 aromatic carbocycles. The average Bonchev–Trinajstić information content (AvgIpc) is 3.00. The fourth-order valence-corrected chi connectivity index (χ4v) is 4.34. The summed E-state index contributed by atoms with van der Waals surface area (Å²) in [6, 6.07) is -1.04. The van der Waals surface area contributed by atoms with Crippen molar-refractivity contribution in [1.82, 2.24) is 14.7 Å². The molecule has 2 N–H and O–H groups in total. The lowest BCUT2D eigenvalue weighted by Gasteiger charge is -2.39. The SMILES string of the molecule is CC(=O)N(C)C1CCC([C@H](C(=O)N(C)C)[C@H](N)C(=O)N2CCC(F)(F)C2)CC1. The molecule has 0 spiro atoms. The zero-order valence-electron chi connectivity index (χ0n) is 17.2. The second kappa shape index (κ2) is 8.71. The summed E-state index contributed by atoms with van der Waals surface area (Å²) < 4.78 is 27.0. The van der Waals surface area contributed by atoms with Crippen molar-refractivity contribution in [2.75, 3.05) is 34.2 Å². The molecule has 1 saturated carbocycles. The zero-order chi connectivity index (χ0) is 21.2. The number of hydrogen-bond donors (Lipinski definition) is 1. The van der Waals surface area contributed by atoms with Gasteiger partial charge in [0.2, 0.25) is 17.7 Å². The summed E-state index contributed by atoms with van der Waals surface area (Å²) in [5.74, 6) is -4.61. The largest absolute Gasteiger partial charge is 0.349 e. The molecule has 28 heavy (non-hydrogen) atoms. The maximum absolute atomic E-state index is 13.5. The maximum atomic E-state index is 13.5. The molecule has 0 aromatic heterocycles. The molecular weight excluding hydrogens is 370 g/mol. The van der Waals surface area contributed by atoms with Gasteiger partial charge in [-0.3, -0.25) is 14.4 Å². The predicted octanol–water partition coefficient (Wildman–Crippen LogP) is 0.923. The molecule has 0 unspecified atom stereocenters. The van der Waals surface area contributed by atoms with Gasteiger partial charge in [-0.1, -0.05) is 0 Å². The molecule has 1 aliphatic heterocycles. The smallest absolute Gasteiger partial charge is 0.267 e. The van der Waals surface area contributed by atoms with E-state index < -0.39 is 30.3 Å². The van der Waals surface area contributed by atoms with Gasteiger partial charge in [0.25, 0.3) is 5.92 Å². The number of nitrogens with two attached hydrogens (primary N) is 1. The first-order valence-electron chi connectivity index (χ1n) is 9.81. The number of carbonyl (C=O) groups is 3. The van der Waals surface area contributed by atoms with Crippen LogP contribution in [0.5, 0.6) is 0 Å². The highest BCUT2D eigenvalue weighted by Gasteiger charge is 2.46. The summed E-state index contributed by atoms with van der Waals surface area (Å²) in [5.41, 5.74) is 6.19. The lowest BCUT2D eigenvalue weighted by atomic mass is 9.74. The van der Waals surface area contributed by atoms with Crippen LogP contribution in [0.15, 0.2) is 0 Å². The highest BCUT2D eigenvalue weighted by Crippen LogP contribution is 2.35. The number of halogens is 2. The molecular formula is C19H32F2N4O3. The number of likely N-dealkylation sites (tertiary alicyclic amines) is 1. The molecule has 0 radical (unpaired) electrons. The van der Waals surface area contributed by atoms with Gasteiger partial charge in [0.1, 0.15) is 0 Å². The molecule has 1 heterocycles.